The third-order valence-corrected chi connectivity index (χ3v) is 3.97. The van der Waals surface area contributed by atoms with Crippen molar-refractivity contribution in [2.75, 3.05) is 5.32 Å². The lowest BCUT2D eigenvalue weighted by Crippen LogP contribution is -1.93. The van der Waals surface area contributed by atoms with Crippen LogP contribution in [0.4, 0.5) is 11.5 Å². The van der Waals surface area contributed by atoms with Crippen LogP contribution in [0.25, 0.3) is 21.8 Å². The number of aromatic nitrogens is 2. The highest BCUT2D eigenvalue weighted by Gasteiger charge is 2.01. The van der Waals surface area contributed by atoms with Gasteiger partial charge in [0, 0.05) is 27.3 Å². The first-order valence-electron chi connectivity index (χ1n) is 6.68. The molecule has 0 aliphatic rings. The number of hydrogen-bond donors (Lipinski definition) is 2. The molecule has 4 aromatic rings. The second kappa shape index (κ2) is 4.90. The first kappa shape index (κ1) is 12.4. The van der Waals surface area contributed by atoms with Gasteiger partial charge in [-0.2, -0.15) is 0 Å². The number of pyridine rings is 1. The Hall–Kier alpha value is -2.33. The summed E-state index contributed by atoms with van der Waals surface area (Å²) in [6.07, 6.45) is 1.94. The molecule has 2 aromatic carbocycles. The average molecular weight is 338 g/mol. The summed E-state index contributed by atoms with van der Waals surface area (Å²) in [7, 11) is 0. The maximum atomic E-state index is 4.65. The van der Waals surface area contributed by atoms with Crippen LogP contribution in [0.2, 0.25) is 0 Å². The summed E-state index contributed by atoms with van der Waals surface area (Å²) in [5, 5.41) is 5.68. The van der Waals surface area contributed by atoms with Crippen LogP contribution in [0.15, 0.2) is 65.3 Å². The first-order valence-corrected chi connectivity index (χ1v) is 7.48. The molecule has 3 nitrogen and oxygen atoms in total. The van der Waals surface area contributed by atoms with Gasteiger partial charge in [-0.15, -0.1) is 0 Å². The van der Waals surface area contributed by atoms with Crippen molar-refractivity contribution in [1.82, 2.24) is 9.97 Å². The summed E-state index contributed by atoms with van der Waals surface area (Å²) in [4.78, 5) is 7.86. The minimum Gasteiger partial charge on any atom is -0.361 e. The quantitative estimate of drug-likeness (QED) is 0.526. The van der Waals surface area contributed by atoms with Gasteiger partial charge in [0.05, 0.1) is 5.52 Å². The predicted molar refractivity (Wildman–Crippen MR) is 91.0 cm³/mol. The number of nitrogens with one attached hydrogen (secondary N) is 2. The fourth-order valence-corrected chi connectivity index (χ4v) is 2.78. The number of hydrogen-bond acceptors (Lipinski definition) is 2. The van der Waals surface area contributed by atoms with E-state index in [2.05, 4.69) is 67.6 Å². The van der Waals surface area contributed by atoms with Gasteiger partial charge in [-0.25, -0.2) is 4.98 Å². The lowest BCUT2D eigenvalue weighted by molar-refractivity contribution is 1.37. The van der Waals surface area contributed by atoms with Crippen LogP contribution in [0.5, 0.6) is 0 Å². The van der Waals surface area contributed by atoms with E-state index in [-0.39, 0.29) is 0 Å². The normalized spacial score (nSPS) is 11.1. The SMILES string of the molecule is Brc1ccc2ccc(Nc3ccc4cc[nH]c4c3)nc2c1. The van der Waals surface area contributed by atoms with E-state index >= 15 is 0 Å². The number of benzene rings is 2. The number of nitrogens with zero attached hydrogens (tertiary/aromatic N) is 1. The van der Waals surface area contributed by atoms with E-state index in [4.69, 9.17) is 0 Å². The number of rotatable bonds is 2. The molecule has 0 aliphatic carbocycles. The Kier molecular flexibility index (Phi) is 2.89. The lowest BCUT2D eigenvalue weighted by atomic mass is 10.2. The van der Waals surface area contributed by atoms with Gasteiger partial charge < -0.3 is 10.3 Å². The fraction of sp³-hybridized carbons (Fsp3) is 0. The lowest BCUT2D eigenvalue weighted by Gasteiger charge is -2.07. The highest BCUT2D eigenvalue weighted by Crippen LogP contribution is 2.23. The van der Waals surface area contributed by atoms with Crippen molar-refractivity contribution in [2.45, 2.75) is 0 Å². The Balaban J connectivity index is 1.72. The molecule has 2 N–H and O–H groups in total. The van der Waals surface area contributed by atoms with Gasteiger partial charge in [0.15, 0.2) is 0 Å². The molecule has 0 saturated heterocycles. The molecule has 0 atom stereocenters. The summed E-state index contributed by atoms with van der Waals surface area (Å²) in [6, 6.07) is 18.5. The van der Waals surface area contributed by atoms with Crippen molar-refractivity contribution in [1.29, 1.82) is 0 Å². The molecule has 0 saturated carbocycles. The van der Waals surface area contributed by atoms with E-state index in [0.717, 1.165) is 32.4 Å². The maximum absolute atomic E-state index is 4.65. The van der Waals surface area contributed by atoms with Crippen LogP contribution >= 0.6 is 15.9 Å². The zero-order chi connectivity index (χ0) is 14.2. The number of aromatic amines is 1. The van der Waals surface area contributed by atoms with Gasteiger partial charge in [0.25, 0.3) is 0 Å². The average Bonchev–Trinajstić information content (AvgIpc) is 2.94. The van der Waals surface area contributed by atoms with E-state index in [1.807, 2.05) is 24.4 Å². The van der Waals surface area contributed by atoms with Crippen molar-refractivity contribution in [3.63, 3.8) is 0 Å². The molecule has 0 spiro atoms. The summed E-state index contributed by atoms with van der Waals surface area (Å²) >= 11 is 3.48. The molecule has 0 unspecified atom stereocenters. The molecule has 2 heterocycles. The topological polar surface area (TPSA) is 40.7 Å². The van der Waals surface area contributed by atoms with Crippen LogP contribution < -0.4 is 5.32 Å². The molecular weight excluding hydrogens is 326 g/mol. The molecule has 0 bridgehead atoms. The van der Waals surface area contributed by atoms with Crippen molar-refractivity contribution in [2.24, 2.45) is 0 Å². The minimum atomic E-state index is 0.839. The summed E-state index contributed by atoms with van der Waals surface area (Å²) in [6.45, 7) is 0. The van der Waals surface area contributed by atoms with E-state index in [9.17, 15) is 0 Å². The van der Waals surface area contributed by atoms with E-state index in [1.54, 1.807) is 0 Å². The van der Waals surface area contributed by atoms with Gasteiger partial charge in [0.2, 0.25) is 0 Å². The summed E-state index contributed by atoms with van der Waals surface area (Å²) in [5.41, 5.74) is 3.10. The molecule has 4 heteroatoms. The minimum absolute atomic E-state index is 0.839. The van der Waals surface area contributed by atoms with Gasteiger partial charge in [-0.3, -0.25) is 0 Å². The summed E-state index contributed by atoms with van der Waals surface area (Å²) < 4.78 is 1.03. The Bertz CT molecular complexity index is 943. The van der Waals surface area contributed by atoms with Crippen molar-refractivity contribution in [3.8, 4) is 0 Å². The number of H-pyrrole nitrogens is 1. The van der Waals surface area contributed by atoms with E-state index < -0.39 is 0 Å². The van der Waals surface area contributed by atoms with Crippen LogP contribution in [0.3, 0.4) is 0 Å². The largest absolute Gasteiger partial charge is 0.361 e. The highest BCUT2D eigenvalue weighted by atomic mass is 79.9. The molecule has 4 rings (SSSR count). The van der Waals surface area contributed by atoms with Gasteiger partial charge in [-0.05, 0) is 47.9 Å². The fourth-order valence-electron chi connectivity index (χ4n) is 2.43. The Morgan fingerprint density at radius 1 is 0.905 bits per heavy atom. The zero-order valence-electron chi connectivity index (χ0n) is 11.1. The number of fused-ring (bicyclic) bond motifs is 2. The van der Waals surface area contributed by atoms with Crippen molar-refractivity contribution < 1.29 is 0 Å². The molecule has 0 amide bonds. The standard InChI is InChI=1S/C17H12BrN3/c18-13-4-1-11-3-6-17(21-16(11)9-13)20-14-5-2-12-7-8-19-15(12)10-14/h1-10,19H,(H,20,21). The molecule has 0 fully saturated rings. The van der Waals surface area contributed by atoms with Crippen LogP contribution in [0, 0.1) is 0 Å². The van der Waals surface area contributed by atoms with Crippen molar-refractivity contribution >= 4 is 49.2 Å². The monoisotopic (exact) mass is 337 g/mol. The zero-order valence-corrected chi connectivity index (χ0v) is 12.7. The molecule has 21 heavy (non-hydrogen) atoms. The number of halogens is 1. The molecule has 0 radical (unpaired) electrons. The van der Waals surface area contributed by atoms with E-state index in [0.29, 0.717) is 0 Å². The molecule has 0 aliphatic heterocycles. The van der Waals surface area contributed by atoms with Crippen molar-refractivity contribution in [3.05, 3.63) is 65.3 Å². The second-order valence-electron chi connectivity index (χ2n) is 4.94. The predicted octanol–water partition coefficient (Wildman–Crippen LogP) is 5.22. The molecular formula is C17H12BrN3. The maximum Gasteiger partial charge on any atom is 0.131 e. The number of anilines is 2. The van der Waals surface area contributed by atoms with E-state index in [1.165, 1.54) is 5.39 Å². The van der Waals surface area contributed by atoms with Crippen LogP contribution in [-0.2, 0) is 0 Å². The van der Waals surface area contributed by atoms with Crippen LogP contribution in [-0.4, -0.2) is 9.97 Å². The third kappa shape index (κ3) is 2.38. The Morgan fingerprint density at radius 3 is 2.71 bits per heavy atom. The highest BCUT2D eigenvalue weighted by molar-refractivity contribution is 9.10. The smallest absolute Gasteiger partial charge is 0.131 e. The van der Waals surface area contributed by atoms with Gasteiger partial charge >= 0.3 is 0 Å². The molecule has 2 aromatic heterocycles. The van der Waals surface area contributed by atoms with Gasteiger partial charge in [-0.1, -0.05) is 28.1 Å². The van der Waals surface area contributed by atoms with Gasteiger partial charge in [0.1, 0.15) is 5.82 Å². The van der Waals surface area contributed by atoms with Crippen LogP contribution in [0.1, 0.15) is 0 Å². The Labute approximate surface area is 130 Å². The first-order chi connectivity index (χ1) is 10.3. The molecule has 102 valence electrons. The Morgan fingerprint density at radius 2 is 1.76 bits per heavy atom. The summed E-state index contributed by atoms with van der Waals surface area (Å²) in [5.74, 6) is 0.839. The third-order valence-electron chi connectivity index (χ3n) is 3.48. The second-order valence-corrected chi connectivity index (χ2v) is 5.85.